The summed E-state index contributed by atoms with van der Waals surface area (Å²) in [7, 11) is 0. The standard InChI is InChI=1S/C36H48N4O6/c1-35(2,3)46-34(43)38-19-20-39(29(24-38)23-27-13-6-4-7-14-27)33(42)31-32(28-15-8-5-9-16-28)40(26-37-31)30-17-10-11-18-36(30,44)25-45-22-12-21-41/h4-9,13-16,26,29-30,41,44H,10-12,17-25H2,1-3H3/t29-,30?,36?/m1/s1. The zero-order chi connectivity index (χ0) is 32.7. The van der Waals surface area contributed by atoms with Crippen LogP contribution in [0.15, 0.2) is 67.0 Å². The summed E-state index contributed by atoms with van der Waals surface area (Å²) in [5, 5.41) is 21.1. The van der Waals surface area contributed by atoms with E-state index in [0.29, 0.717) is 56.9 Å². The van der Waals surface area contributed by atoms with Gasteiger partial charge in [-0.25, -0.2) is 9.78 Å². The van der Waals surface area contributed by atoms with Gasteiger partial charge < -0.3 is 34.1 Å². The quantitative estimate of drug-likeness (QED) is 0.299. The first-order chi connectivity index (χ1) is 22.1. The topological polar surface area (TPSA) is 117 Å². The molecule has 1 aliphatic carbocycles. The number of aromatic nitrogens is 2. The van der Waals surface area contributed by atoms with Gasteiger partial charge in [-0.2, -0.15) is 0 Å². The van der Waals surface area contributed by atoms with Crippen molar-refractivity contribution >= 4 is 12.0 Å². The van der Waals surface area contributed by atoms with Gasteiger partial charge in [0.25, 0.3) is 5.91 Å². The van der Waals surface area contributed by atoms with Gasteiger partial charge in [-0.05, 0) is 52.0 Å². The lowest BCUT2D eigenvalue weighted by Crippen LogP contribution is -2.58. The van der Waals surface area contributed by atoms with Crippen LogP contribution in [0.2, 0.25) is 0 Å². The number of carbonyl (C=O) groups excluding carboxylic acids is 2. The fourth-order valence-electron chi connectivity index (χ4n) is 6.63. The molecule has 2 aliphatic rings. The van der Waals surface area contributed by atoms with E-state index >= 15 is 0 Å². The Morgan fingerprint density at radius 1 is 1.02 bits per heavy atom. The lowest BCUT2D eigenvalue weighted by molar-refractivity contribution is -0.100. The van der Waals surface area contributed by atoms with Crippen molar-refractivity contribution < 1.29 is 29.3 Å². The molecule has 5 rings (SSSR count). The predicted octanol–water partition coefficient (Wildman–Crippen LogP) is 5.10. The summed E-state index contributed by atoms with van der Waals surface area (Å²) in [5.41, 5.74) is 1.13. The number of ether oxygens (including phenoxy) is 2. The minimum Gasteiger partial charge on any atom is -0.444 e. The lowest BCUT2D eigenvalue weighted by atomic mass is 9.80. The van der Waals surface area contributed by atoms with Crippen LogP contribution in [0.5, 0.6) is 0 Å². The summed E-state index contributed by atoms with van der Waals surface area (Å²) in [6, 6.07) is 19.1. The summed E-state index contributed by atoms with van der Waals surface area (Å²) in [4.78, 5) is 36.0. The molecule has 3 aromatic rings. The normalized spacial score (nSPS) is 22.1. The highest BCUT2D eigenvalue weighted by Gasteiger charge is 2.43. The van der Waals surface area contributed by atoms with Crippen molar-refractivity contribution in [2.45, 2.75) is 82.6 Å². The van der Waals surface area contributed by atoms with E-state index in [-0.39, 0.29) is 37.3 Å². The molecule has 1 aromatic heterocycles. The van der Waals surface area contributed by atoms with Crippen LogP contribution in [0.25, 0.3) is 11.3 Å². The number of amides is 2. The molecule has 1 saturated carbocycles. The number of benzene rings is 2. The number of nitrogens with zero attached hydrogens (tertiary/aromatic N) is 4. The minimum absolute atomic E-state index is 0.0320. The van der Waals surface area contributed by atoms with Crippen LogP contribution in [0, 0.1) is 0 Å². The first-order valence-electron chi connectivity index (χ1n) is 16.5. The number of rotatable bonds is 10. The van der Waals surface area contributed by atoms with E-state index in [0.717, 1.165) is 30.4 Å². The number of piperazine rings is 1. The fraction of sp³-hybridized carbons (Fsp3) is 0.528. The Morgan fingerprint density at radius 2 is 1.74 bits per heavy atom. The van der Waals surface area contributed by atoms with E-state index < -0.39 is 11.2 Å². The highest BCUT2D eigenvalue weighted by molar-refractivity contribution is 5.98. The SMILES string of the molecule is CC(C)(C)OC(=O)N1CCN(C(=O)c2ncn(C3CCCCC3(O)COCCCO)c2-c2ccccc2)[C@H](Cc2ccccc2)C1. The van der Waals surface area contributed by atoms with Crippen molar-refractivity contribution in [3.05, 3.63) is 78.2 Å². The van der Waals surface area contributed by atoms with Crippen molar-refractivity contribution in [3.8, 4) is 11.3 Å². The van der Waals surface area contributed by atoms with Gasteiger partial charge in [0, 0.05) is 38.4 Å². The van der Waals surface area contributed by atoms with Crippen molar-refractivity contribution in [2.75, 3.05) is 39.5 Å². The Balaban J connectivity index is 1.49. The van der Waals surface area contributed by atoms with E-state index in [2.05, 4.69) is 0 Å². The third kappa shape index (κ3) is 7.97. The van der Waals surface area contributed by atoms with Crippen molar-refractivity contribution in [1.82, 2.24) is 19.4 Å². The minimum atomic E-state index is -1.15. The monoisotopic (exact) mass is 632 g/mol. The maximum Gasteiger partial charge on any atom is 0.410 e. The molecule has 0 bridgehead atoms. The van der Waals surface area contributed by atoms with Crippen LogP contribution >= 0.6 is 0 Å². The molecule has 2 heterocycles. The fourth-order valence-corrected chi connectivity index (χ4v) is 6.63. The number of carbonyl (C=O) groups is 2. The average molecular weight is 633 g/mol. The largest absolute Gasteiger partial charge is 0.444 e. The average Bonchev–Trinajstić information content (AvgIpc) is 3.48. The van der Waals surface area contributed by atoms with Crippen LogP contribution in [0.1, 0.15) is 75.0 Å². The van der Waals surface area contributed by atoms with Gasteiger partial charge >= 0.3 is 6.09 Å². The second-order valence-corrected chi connectivity index (χ2v) is 13.5. The molecule has 2 amide bonds. The van der Waals surface area contributed by atoms with Crippen LogP contribution in [-0.2, 0) is 15.9 Å². The lowest BCUT2D eigenvalue weighted by Gasteiger charge is -2.42. The number of imidazole rings is 1. The Bertz CT molecular complexity index is 1440. The van der Waals surface area contributed by atoms with Gasteiger partial charge in [0.15, 0.2) is 5.69 Å². The molecule has 10 nitrogen and oxygen atoms in total. The number of hydrogen-bond acceptors (Lipinski definition) is 7. The van der Waals surface area contributed by atoms with Crippen LogP contribution < -0.4 is 0 Å². The van der Waals surface area contributed by atoms with E-state index in [1.807, 2.05) is 90.9 Å². The molecule has 0 spiro atoms. The molecular weight excluding hydrogens is 584 g/mol. The van der Waals surface area contributed by atoms with E-state index in [4.69, 9.17) is 14.5 Å². The van der Waals surface area contributed by atoms with Crippen LogP contribution in [0.3, 0.4) is 0 Å². The molecule has 248 valence electrons. The maximum absolute atomic E-state index is 14.6. The highest BCUT2D eigenvalue weighted by atomic mass is 16.6. The van der Waals surface area contributed by atoms with Crippen LogP contribution in [-0.4, -0.2) is 98.3 Å². The third-order valence-corrected chi connectivity index (χ3v) is 8.85. The Labute approximate surface area is 271 Å². The predicted molar refractivity (Wildman–Crippen MR) is 175 cm³/mol. The zero-order valence-electron chi connectivity index (χ0n) is 27.3. The summed E-state index contributed by atoms with van der Waals surface area (Å²) < 4.78 is 13.5. The van der Waals surface area contributed by atoms with Gasteiger partial charge in [-0.1, -0.05) is 73.5 Å². The molecule has 2 aromatic carbocycles. The number of hydrogen-bond donors (Lipinski definition) is 2. The summed E-state index contributed by atoms with van der Waals surface area (Å²) in [6.45, 7) is 7.10. The number of aliphatic hydroxyl groups excluding tert-OH is 1. The molecule has 2 N–H and O–H groups in total. The smallest absolute Gasteiger partial charge is 0.410 e. The zero-order valence-corrected chi connectivity index (χ0v) is 27.3. The second-order valence-electron chi connectivity index (χ2n) is 13.5. The number of aliphatic hydroxyl groups is 2. The first-order valence-corrected chi connectivity index (χ1v) is 16.5. The van der Waals surface area contributed by atoms with Crippen molar-refractivity contribution in [2.24, 2.45) is 0 Å². The molecule has 1 aliphatic heterocycles. The second kappa shape index (κ2) is 14.8. The van der Waals surface area contributed by atoms with E-state index in [1.54, 1.807) is 11.2 Å². The third-order valence-electron chi connectivity index (χ3n) is 8.85. The molecule has 2 unspecified atom stereocenters. The van der Waals surface area contributed by atoms with Gasteiger partial charge in [0.2, 0.25) is 0 Å². The molecule has 1 saturated heterocycles. The first kappa shape index (κ1) is 33.6. The summed E-state index contributed by atoms with van der Waals surface area (Å²) in [6.07, 6.45) is 5.47. The van der Waals surface area contributed by atoms with Crippen LogP contribution in [0.4, 0.5) is 4.79 Å². The van der Waals surface area contributed by atoms with Crippen molar-refractivity contribution in [1.29, 1.82) is 0 Å². The maximum atomic E-state index is 14.6. The molecule has 0 radical (unpaired) electrons. The summed E-state index contributed by atoms with van der Waals surface area (Å²) >= 11 is 0. The van der Waals surface area contributed by atoms with Gasteiger partial charge in [-0.15, -0.1) is 0 Å². The Morgan fingerprint density at radius 3 is 2.43 bits per heavy atom. The highest BCUT2D eigenvalue weighted by Crippen LogP contribution is 2.41. The van der Waals surface area contributed by atoms with E-state index in [1.165, 1.54) is 0 Å². The van der Waals surface area contributed by atoms with Gasteiger partial charge in [0.1, 0.15) is 11.2 Å². The van der Waals surface area contributed by atoms with E-state index in [9.17, 15) is 19.8 Å². The summed E-state index contributed by atoms with van der Waals surface area (Å²) in [5.74, 6) is -0.207. The van der Waals surface area contributed by atoms with Gasteiger partial charge in [-0.3, -0.25) is 4.79 Å². The Kier molecular flexibility index (Phi) is 10.8. The molecule has 3 atom stereocenters. The molecule has 10 heteroatoms. The van der Waals surface area contributed by atoms with Crippen molar-refractivity contribution in [3.63, 3.8) is 0 Å². The molecule has 2 fully saturated rings. The van der Waals surface area contributed by atoms with Gasteiger partial charge in [0.05, 0.1) is 30.7 Å². The molecule has 46 heavy (non-hydrogen) atoms. The molecular formula is C36H48N4O6. The Hall–Kier alpha value is -3.73.